The number of benzene rings is 2. The van der Waals surface area contributed by atoms with Crippen LogP contribution in [0.4, 0.5) is 14.5 Å². The molecular weight excluding hydrogens is 388 g/mol. The predicted molar refractivity (Wildman–Crippen MR) is 114 cm³/mol. The van der Waals surface area contributed by atoms with Crippen LogP contribution in [-0.2, 0) is 11.3 Å². The highest BCUT2D eigenvalue weighted by atomic mass is 19.1. The average Bonchev–Trinajstić information content (AvgIpc) is 2.78. The van der Waals surface area contributed by atoms with Gasteiger partial charge in [-0.2, -0.15) is 0 Å². The van der Waals surface area contributed by atoms with Crippen LogP contribution in [0.25, 0.3) is 0 Å². The first-order valence-corrected chi connectivity index (χ1v) is 10.0. The van der Waals surface area contributed by atoms with Crippen molar-refractivity contribution in [2.45, 2.75) is 13.0 Å². The smallest absolute Gasteiger partial charge is 0.224 e. The molecule has 0 saturated carbocycles. The maximum Gasteiger partial charge on any atom is 0.224 e. The second-order valence-electron chi connectivity index (χ2n) is 7.04. The monoisotopic (exact) mass is 415 g/mol. The van der Waals surface area contributed by atoms with Gasteiger partial charge >= 0.3 is 0 Å². The molecule has 0 radical (unpaired) electrons. The Labute approximate surface area is 175 Å². The summed E-state index contributed by atoms with van der Waals surface area (Å²) >= 11 is 0. The molecule has 1 amide bonds. The summed E-state index contributed by atoms with van der Waals surface area (Å²) in [6.07, 6.45) is 0.334. The van der Waals surface area contributed by atoms with E-state index in [1.807, 2.05) is 23.1 Å². The molecular formula is C22H27F2N5O. The number of nitrogens with one attached hydrogen (secondary N) is 2. The third-order valence-corrected chi connectivity index (χ3v) is 5.06. The number of piperazine rings is 1. The van der Waals surface area contributed by atoms with E-state index in [0.29, 0.717) is 32.0 Å². The van der Waals surface area contributed by atoms with Crippen molar-refractivity contribution in [3.8, 4) is 0 Å². The van der Waals surface area contributed by atoms with Crippen LogP contribution >= 0.6 is 0 Å². The lowest BCUT2D eigenvalue weighted by Gasteiger charge is -2.36. The largest absolute Gasteiger partial charge is 0.368 e. The Morgan fingerprint density at radius 1 is 1.03 bits per heavy atom. The van der Waals surface area contributed by atoms with E-state index in [4.69, 9.17) is 0 Å². The van der Waals surface area contributed by atoms with Gasteiger partial charge in [0, 0.05) is 64.0 Å². The van der Waals surface area contributed by atoms with E-state index in [-0.39, 0.29) is 18.0 Å². The molecule has 0 aromatic heterocycles. The minimum Gasteiger partial charge on any atom is -0.368 e. The van der Waals surface area contributed by atoms with Gasteiger partial charge < -0.3 is 20.4 Å². The Bertz CT molecular complexity index is 867. The summed E-state index contributed by atoms with van der Waals surface area (Å²) in [5.41, 5.74) is 1.39. The van der Waals surface area contributed by atoms with Crippen LogP contribution in [0.15, 0.2) is 53.5 Å². The number of rotatable bonds is 6. The van der Waals surface area contributed by atoms with Gasteiger partial charge in [-0.25, -0.2) is 8.78 Å². The number of hydrogen-bond acceptors (Lipinski definition) is 3. The Kier molecular flexibility index (Phi) is 7.59. The normalized spacial score (nSPS) is 14.6. The van der Waals surface area contributed by atoms with Crippen molar-refractivity contribution in [2.75, 3.05) is 44.7 Å². The molecule has 0 bridgehead atoms. The predicted octanol–water partition coefficient (Wildman–Crippen LogP) is 2.37. The highest BCUT2D eigenvalue weighted by Crippen LogP contribution is 2.15. The van der Waals surface area contributed by atoms with Crippen molar-refractivity contribution in [1.82, 2.24) is 15.5 Å². The molecule has 6 nitrogen and oxygen atoms in total. The van der Waals surface area contributed by atoms with Gasteiger partial charge in [0.15, 0.2) is 5.96 Å². The Hall–Kier alpha value is -3.16. The highest BCUT2D eigenvalue weighted by molar-refractivity contribution is 5.81. The quantitative estimate of drug-likeness (QED) is 0.562. The molecule has 0 unspecified atom stereocenters. The fourth-order valence-corrected chi connectivity index (χ4v) is 3.38. The average molecular weight is 415 g/mol. The van der Waals surface area contributed by atoms with Crippen molar-refractivity contribution in [2.24, 2.45) is 4.99 Å². The first-order chi connectivity index (χ1) is 14.6. The zero-order valence-electron chi connectivity index (χ0n) is 17.1. The van der Waals surface area contributed by atoms with E-state index >= 15 is 0 Å². The van der Waals surface area contributed by atoms with Crippen LogP contribution in [0, 0.1) is 11.6 Å². The van der Waals surface area contributed by atoms with Crippen LogP contribution in [0.1, 0.15) is 12.0 Å². The third kappa shape index (κ3) is 5.92. The van der Waals surface area contributed by atoms with Gasteiger partial charge in [-0.05, 0) is 30.3 Å². The van der Waals surface area contributed by atoms with Crippen LogP contribution in [0.3, 0.4) is 0 Å². The number of nitrogens with zero attached hydrogens (tertiary/aromatic N) is 3. The van der Waals surface area contributed by atoms with Crippen molar-refractivity contribution in [3.05, 3.63) is 65.7 Å². The van der Waals surface area contributed by atoms with Crippen molar-refractivity contribution in [1.29, 1.82) is 0 Å². The van der Waals surface area contributed by atoms with Crippen molar-refractivity contribution < 1.29 is 13.6 Å². The number of aliphatic imine (C=N–C) groups is 1. The lowest BCUT2D eigenvalue weighted by Crippen LogP contribution is -2.49. The number of guanidine groups is 1. The lowest BCUT2D eigenvalue weighted by atomic mass is 10.2. The summed E-state index contributed by atoms with van der Waals surface area (Å²) in [5.74, 6) is -0.458. The highest BCUT2D eigenvalue weighted by Gasteiger charge is 2.20. The zero-order chi connectivity index (χ0) is 21.3. The second kappa shape index (κ2) is 10.6. The van der Waals surface area contributed by atoms with E-state index in [0.717, 1.165) is 31.3 Å². The Balaban J connectivity index is 1.39. The molecule has 1 heterocycles. The molecule has 1 fully saturated rings. The number of hydrogen-bond donors (Lipinski definition) is 2. The minimum absolute atomic E-state index is 0.0850. The molecule has 1 saturated heterocycles. The van der Waals surface area contributed by atoms with E-state index in [9.17, 15) is 13.6 Å². The van der Waals surface area contributed by atoms with Gasteiger partial charge in [-0.1, -0.05) is 18.2 Å². The second-order valence-corrected chi connectivity index (χ2v) is 7.04. The fraction of sp³-hybridized carbons (Fsp3) is 0.364. The maximum atomic E-state index is 13.7. The number of carbonyl (C=O) groups is 1. The molecule has 1 aliphatic heterocycles. The van der Waals surface area contributed by atoms with Crippen molar-refractivity contribution >= 4 is 17.6 Å². The molecule has 2 aromatic carbocycles. The van der Waals surface area contributed by atoms with Crippen LogP contribution in [0.5, 0.6) is 0 Å². The minimum atomic E-state index is -0.492. The van der Waals surface area contributed by atoms with Gasteiger partial charge in [-0.3, -0.25) is 9.79 Å². The summed E-state index contributed by atoms with van der Waals surface area (Å²) in [7, 11) is 1.59. The van der Waals surface area contributed by atoms with E-state index in [1.165, 1.54) is 5.69 Å². The van der Waals surface area contributed by atoms with Gasteiger partial charge in [0.25, 0.3) is 0 Å². The molecule has 3 rings (SSSR count). The van der Waals surface area contributed by atoms with Gasteiger partial charge in [0.2, 0.25) is 5.91 Å². The number of para-hydroxylation sites is 1. The molecule has 0 atom stereocenters. The summed E-state index contributed by atoms with van der Waals surface area (Å²) in [6, 6.07) is 13.5. The SMILES string of the molecule is CN=C(NCCC(=O)N1CCN(c2ccccc2)CC1)NCc1cc(F)ccc1F. The zero-order valence-corrected chi connectivity index (χ0v) is 17.1. The molecule has 8 heteroatoms. The summed E-state index contributed by atoms with van der Waals surface area (Å²) < 4.78 is 27.0. The van der Waals surface area contributed by atoms with Crippen LogP contribution in [-0.4, -0.2) is 56.5 Å². The van der Waals surface area contributed by atoms with Crippen LogP contribution < -0.4 is 15.5 Å². The number of carbonyl (C=O) groups excluding carboxylic acids is 1. The van der Waals surface area contributed by atoms with Gasteiger partial charge in [-0.15, -0.1) is 0 Å². The standard InChI is InChI=1S/C22H27F2N5O/c1-25-22(27-16-17-15-18(23)7-8-20(17)24)26-10-9-21(30)29-13-11-28(12-14-29)19-5-3-2-4-6-19/h2-8,15H,9-14,16H2,1H3,(H2,25,26,27). The molecule has 30 heavy (non-hydrogen) atoms. The molecule has 2 aromatic rings. The Morgan fingerprint density at radius 3 is 2.47 bits per heavy atom. The van der Waals surface area contributed by atoms with Crippen LogP contribution in [0.2, 0.25) is 0 Å². The number of halogens is 2. The topological polar surface area (TPSA) is 60.0 Å². The fourth-order valence-electron chi connectivity index (χ4n) is 3.38. The summed E-state index contributed by atoms with van der Waals surface area (Å²) in [5, 5.41) is 5.97. The van der Waals surface area contributed by atoms with E-state index < -0.39 is 11.6 Å². The lowest BCUT2D eigenvalue weighted by molar-refractivity contribution is -0.131. The third-order valence-electron chi connectivity index (χ3n) is 5.06. The molecule has 0 aliphatic carbocycles. The summed E-state index contributed by atoms with van der Waals surface area (Å²) in [4.78, 5) is 20.7. The number of anilines is 1. The van der Waals surface area contributed by atoms with Gasteiger partial charge in [0.1, 0.15) is 11.6 Å². The first kappa shape index (κ1) is 21.5. The van der Waals surface area contributed by atoms with E-state index in [2.05, 4.69) is 32.7 Å². The molecule has 160 valence electrons. The molecule has 0 spiro atoms. The Morgan fingerprint density at radius 2 is 1.77 bits per heavy atom. The van der Waals surface area contributed by atoms with E-state index in [1.54, 1.807) is 7.05 Å². The summed E-state index contributed by atoms with van der Waals surface area (Å²) in [6.45, 7) is 3.51. The molecule has 1 aliphatic rings. The van der Waals surface area contributed by atoms with Gasteiger partial charge in [0.05, 0.1) is 0 Å². The maximum absolute atomic E-state index is 13.7. The number of amides is 1. The first-order valence-electron chi connectivity index (χ1n) is 10.0. The molecule has 2 N–H and O–H groups in total. The van der Waals surface area contributed by atoms with Crippen molar-refractivity contribution in [3.63, 3.8) is 0 Å².